The minimum Gasteiger partial charge on any atom is -0.308 e. The van der Waals surface area contributed by atoms with E-state index in [0.29, 0.717) is 6.07 Å². The largest absolute Gasteiger partial charge is 0.308 e. The number of aromatic nitrogens is 1. The second kappa shape index (κ2) is 2.67. The molecule has 6 heteroatoms. The Morgan fingerprint density at radius 2 is 2.09 bits per heavy atom. The van der Waals surface area contributed by atoms with Crippen molar-refractivity contribution in [3.63, 3.8) is 0 Å². The maximum absolute atomic E-state index is 12.5. The maximum atomic E-state index is 12.5. The fourth-order valence-electron chi connectivity index (χ4n) is 0.587. The minimum atomic E-state index is -1.18. The number of rotatable bonds is 1. The van der Waals surface area contributed by atoms with Crippen molar-refractivity contribution < 1.29 is 8.78 Å². The highest BCUT2D eigenvalue weighted by Crippen LogP contribution is 2.05. The molecular weight excluding hydrogens is 156 g/mol. The molecule has 1 aromatic heterocycles. The number of halogens is 2. The zero-order valence-corrected chi connectivity index (χ0v) is 5.32. The van der Waals surface area contributed by atoms with E-state index in [1.165, 1.54) is 0 Å². The van der Waals surface area contributed by atoms with Crippen molar-refractivity contribution in [1.29, 1.82) is 0 Å². The molecule has 0 saturated carbocycles. The molecule has 0 radical (unpaired) electrons. The van der Waals surface area contributed by atoms with Crippen molar-refractivity contribution in [1.82, 2.24) is 4.98 Å². The highest BCUT2D eigenvalue weighted by Gasteiger charge is 2.05. The molecule has 0 aliphatic heterocycles. The Morgan fingerprint density at radius 3 is 2.64 bits per heavy atom. The van der Waals surface area contributed by atoms with E-state index in [4.69, 9.17) is 5.84 Å². The van der Waals surface area contributed by atoms with E-state index in [1.807, 2.05) is 10.4 Å². The first-order valence-electron chi connectivity index (χ1n) is 2.70. The van der Waals surface area contributed by atoms with Gasteiger partial charge in [-0.1, -0.05) is 0 Å². The molecule has 4 nitrogen and oxygen atoms in total. The average Bonchev–Trinajstić information content (AvgIpc) is 1.97. The molecule has 0 amide bonds. The van der Waals surface area contributed by atoms with Gasteiger partial charge in [-0.2, -0.15) is 0 Å². The van der Waals surface area contributed by atoms with Gasteiger partial charge in [0.05, 0.1) is 0 Å². The number of anilines is 1. The van der Waals surface area contributed by atoms with Crippen LogP contribution in [-0.2, 0) is 0 Å². The summed E-state index contributed by atoms with van der Waals surface area (Å²) in [5.74, 6) is 2.33. The van der Waals surface area contributed by atoms with Crippen LogP contribution < -0.4 is 16.8 Å². The normalized spacial score (nSPS) is 9.73. The summed E-state index contributed by atoms with van der Waals surface area (Å²) in [7, 11) is 0. The van der Waals surface area contributed by atoms with Gasteiger partial charge in [-0.25, -0.2) is 14.6 Å². The second-order valence-corrected chi connectivity index (χ2v) is 1.81. The molecule has 0 aliphatic carbocycles. The highest BCUT2D eigenvalue weighted by atomic mass is 19.1. The third-order valence-electron chi connectivity index (χ3n) is 1.09. The second-order valence-electron chi connectivity index (χ2n) is 1.81. The van der Waals surface area contributed by atoms with E-state index in [2.05, 4.69) is 0 Å². The van der Waals surface area contributed by atoms with Gasteiger partial charge in [-0.05, 0) is 0 Å². The summed E-state index contributed by atoms with van der Waals surface area (Å²) in [5.41, 5.74) is 0.852. The fourth-order valence-corrected chi connectivity index (χ4v) is 0.587. The molecule has 0 aliphatic rings. The maximum Gasteiger partial charge on any atom is 0.285 e. The van der Waals surface area contributed by atoms with Crippen molar-refractivity contribution in [2.45, 2.75) is 0 Å². The molecular formula is C5H5F2N3O. The van der Waals surface area contributed by atoms with E-state index >= 15 is 0 Å². The summed E-state index contributed by atoms with van der Waals surface area (Å²) in [5, 5.41) is 0. The molecule has 0 unspecified atom stereocenters. The number of H-pyrrole nitrogens is 1. The molecule has 60 valence electrons. The van der Waals surface area contributed by atoms with Gasteiger partial charge in [0.2, 0.25) is 0 Å². The molecule has 11 heavy (non-hydrogen) atoms. The number of hydrogen-bond acceptors (Lipinski definition) is 3. The van der Waals surface area contributed by atoms with Crippen LogP contribution in [0.3, 0.4) is 0 Å². The quantitative estimate of drug-likeness (QED) is 0.399. The van der Waals surface area contributed by atoms with E-state index in [9.17, 15) is 13.6 Å². The van der Waals surface area contributed by atoms with Gasteiger partial charge in [0.15, 0.2) is 17.5 Å². The highest BCUT2D eigenvalue weighted by molar-refractivity contribution is 5.33. The van der Waals surface area contributed by atoms with Crippen molar-refractivity contribution in [3.8, 4) is 0 Å². The van der Waals surface area contributed by atoms with Crippen LogP contribution in [0.4, 0.5) is 14.6 Å². The molecule has 0 aromatic carbocycles. The lowest BCUT2D eigenvalue weighted by Crippen LogP contribution is -2.18. The summed E-state index contributed by atoms with van der Waals surface area (Å²) >= 11 is 0. The lowest BCUT2D eigenvalue weighted by molar-refractivity contribution is 0.567. The van der Waals surface area contributed by atoms with Crippen LogP contribution in [0.25, 0.3) is 0 Å². The molecule has 1 rings (SSSR count). The first-order valence-corrected chi connectivity index (χ1v) is 2.70. The zero-order valence-electron chi connectivity index (χ0n) is 5.32. The minimum absolute atomic E-state index is 0.337. The first-order chi connectivity index (χ1) is 5.15. The number of hydrogen-bond donors (Lipinski definition) is 3. The molecule has 1 heterocycles. The Bertz CT molecular complexity index is 322. The first kappa shape index (κ1) is 7.67. The third-order valence-corrected chi connectivity index (χ3v) is 1.09. The lowest BCUT2D eigenvalue weighted by Gasteiger charge is -1.99. The Hall–Kier alpha value is -1.43. The standard InChI is InChI=1S/C5H5F2N3O/c6-2-1-3(7)5(11)9-4(2)10-8/h1H,8H2,(H2,9,10,11). The number of nitrogens with one attached hydrogen (secondary N) is 2. The smallest absolute Gasteiger partial charge is 0.285 e. The van der Waals surface area contributed by atoms with Crippen LogP contribution in [0.5, 0.6) is 0 Å². The number of aromatic amines is 1. The summed E-state index contributed by atoms with van der Waals surface area (Å²) in [6, 6.07) is 0.452. The Kier molecular flexibility index (Phi) is 1.86. The number of hydrazine groups is 1. The van der Waals surface area contributed by atoms with E-state index in [0.717, 1.165) is 0 Å². The third kappa shape index (κ3) is 1.35. The molecule has 0 atom stereocenters. The van der Waals surface area contributed by atoms with Gasteiger partial charge < -0.3 is 10.4 Å². The van der Waals surface area contributed by atoms with Crippen LogP contribution in [0, 0.1) is 11.6 Å². The van der Waals surface area contributed by atoms with Gasteiger partial charge in [-0.15, -0.1) is 0 Å². The van der Waals surface area contributed by atoms with Crippen LogP contribution in [0.15, 0.2) is 10.9 Å². The summed E-state index contributed by atoms with van der Waals surface area (Å²) in [6.45, 7) is 0. The number of nitrogens with two attached hydrogens (primary N) is 1. The van der Waals surface area contributed by atoms with Gasteiger partial charge >= 0.3 is 0 Å². The molecule has 1 aromatic rings. The molecule has 4 N–H and O–H groups in total. The predicted octanol–water partition coefficient (Wildman–Crippen LogP) is -0.0613. The van der Waals surface area contributed by atoms with Crippen LogP contribution >= 0.6 is 0 Å². The van der Waals surface area contributed by atoms with Crippen LogP contribution in [0.1, 0.15) is 0 Å². The van der Waals surface area contributed by atoms with Gasteiger partial charge in [0.1, 0.15) is 0 Å². The molecule has 0 saturated heterocycles. The topological polar surface area (TPSA) is 70.9 Å². The summed E-state index contributed by atoms with van der Waals surface area (Å²) in [4.78, 5) is 12.3. The molecule has 0 fully saturated rings. The predicted molar refractivity (Wildman–Crippen MR) is 34.8 cm³/mol. The summed E-state index contributed by atoms with van der Waals surface area (Å²) in [6.07, 6.45) is 0. The van der Waals surface area contributed by atoms with Crippen LogP contribution in [-0.4, -0.2) is 4.98 Å². The lowest BCUT2D eigenvalue weighted by atomic mass is 10.4. The molecule has 0 spiro atoms. The Morgan fingerprint density at radius 1 is 1.45 bits per heavy atom. The zero-order chi connectivity index (χ0) is 8.43. The van der Waals surface area contributed by atoms with E-state index in [-0.39, 0.29) is 5.82 Å². The van der Waals surface area contributed by atoms with Gasteiger partial charge in [0, 0.05) is 6.07 Å². The van der Waals surface area contributed by atoms with Crippen molar-refractivity contribution in [2.75, 3.05) is 5.43 Å². The monoisotopic (exact) mass is 161 g/mol. The van der Waals surface area contributed by atoms with Crippen molar-refractivity contribution in [3.05, 3.63) is 28.1 Å². The Balaban J connectivity index is 3.32. The van der Waals surface area contributed by atoms with E-state index in [1.54, 1.807) is 0 Å². The van der Waals surface area contributed by atoms with Gasteiger partial charge in [-0.3, -0.25) is 4.79 Å². The number of pyridine rings is 1. The number of nitrogen functional groups attached to an aromatic ring is 1. The molecule has 0 bridgehead atoms. The Labute approximate surface area is 60.0 Å². The van der Waals surface area contributed by atoms with Crippen molar-refractivity contribution >= 4 is 5.82 Å². The van der Waals surface area contributed by atoms with Gasteiger partial charge in [0.25, 0.3) is 5.56 Å². The SMILES string of the molecule is NNc1[nH]c(=O)c(F)cc1F. The van der Waals surface area contributed by atoms with Crippen molar-refractivity contribution in [2.24, 2.45) is 5.84 Å². The summed E-state index contributed by atoms with van der Waals surface area (Å²) < 4.78 is 24.7. The fraction of sp³-hybridized carbons (Fsp3) is 0. The van der Waals surface area contributed by atoms with E-state index < -0.39 is 17.2 Å². The van der Waals surface area contributed by atoms with Crippen LogP contribution in [0.2, 0.25) is 0 Å². The average molecular weight is 161 g/mol.